The summed E-state index contributed by atoms with van der Waals surface area (Å²) in [5, 5.41) is 12.1. The summed E-state index contributed by atoms with van der Waals surface area (Å²) in [6.45, 7) is 2.63. The summed E-state index contributed by atoms with van der Waals surface area (Å²) in [6, 6.07) is 19.0. The molecule has 0 saturated heterocycles. The molecule has 0 spiro atoms. The predicted molar refractivity (Wildman–Crippen MR) is 116 cm³/mol. The van der Waals surface area contributed by atoms with E-state index in [0.29, 0.717) is 34.9 Å². The van der Waals surface area contributed by atoms with Crippen LogP contribution in [0.3, 0.4) is 0 Å². The van der Waals surface area contributed by atoms with Crippen LogP contribution in [0.1, 0.15) is 29.8 Å². The topological polar surface area (TPSA) is 93.5 Å². The number of carbonyl (C=O) groups excluding carboxylic acids is 1. The zero-order valence-electron chi connectivity index (χ0n) is 17.4. The normalized spacial score (nSPS) is 11.1. The summed E-state index contributed by atoms with van der Waals surface area (Å²) in [7, 11) is 1.33. The van der Waals surface area contributed by atoms with Crippen molar-refractivity contribution >= 4 is 11.7 Å². The number of esters is 1. The molecule has 7 nitrogen and oxygen atoms in total. The highest BCUT2D eigenvalue weighted by Gasteiger charge is 2.23. The standard InChI is InChI=1S/C24H23N3O4/c1-3-30-21-12-18(13-22(14-21)31-16-20-6-4-5-11-26-20)23(24(28)29-2)27-19-9-7-17(15-25)8-10-19/h4-14,23,27H,3,16H2,1-2H3. The van der Waals surface area contributed by atoms with Crippen LogP contribution in [0.2, 0.25) is 0 Å². The molecule has 0 amide bonds. The number of hydrogen-bond acceptors (Lipinski definition) is 7. The van der Waals surface area contributed by atoms with Crippen LogP contribution in [-0.2, 0) is 16.1 Å². The van der Waals surface area contributed by atoms with Gasteiger partial charge in [0.25, 0.3) is 0 Å². The average Bonchev–Trinajstić information content (AvgIpc) is 2.82. The molecule has 0 radical (unpaired) electrons. The third-order valence-electron chi connectivity index (χ3n) is 4.42. The maximum absolute atomic E-state index is 12.6. The summed E-state index contributed by atoms with van der Waals surface area (Å²) in [4.78, 5) is 16.8. The van der Waals surface area contributed by atoms with E-state index < -0.39 is 12.0 Å². The van der Waals surface area contributed by atoms with Crippen LogP contribution < -0.4 is 14.8 Å². The Bertz CT molecular complexity index is 1050. The predicted octanol–water partition coefficient (Wildman–Crippen LogP) is 4.26. The molecular formula is C24H23N3O4. The number of benzene rings is 2. The average molecular weight is 417 g/mol. The molecule has 0 saturated carbocycles. The van der Waals surface area contributed by atoms with Gasteiger partial charge < -0.3 is 19.5 Å². The van der Waals surface area contributed by atoms with Gasteiger partial charge in [-0.05, 0) is 61.0 Å². The number of anilines is 1. The van der Waals surface area contributed by atoms with E-state index in [1.807, 2.05) is 25.1 Å². The highest BCUT2D eigenvalue weighted by molar-refractivity contribution is 5.81. The molecule has 1 unspecified atom stereocenters. The summed E-state index contributed by atoms with van der Waals surface area (Å²) in [6.07, 6.45) is 1.70. The van der Waals surface area contributed by atoms with E-state index in [-0.39, 0.29) is 6.61 Å². The number of hydrogen-bond donors (Lipinski definition) is 1. The second kappa shape index (κ2) is 10.6. The quantitative estimate of drug-likeness (QED) is 0.520. The van der Waals surface area contributed by atoms with Crippen molar-refractivity contribution in [3.8, 4) is 17.6 Å². The Morgan fingerprint density at radius 1 is 1.10 bits per heavy atom. The maximum Gasteiger partial charge on any atom is 0.332 e. The van der Waals surface area contributed by atoms with Gasteiger partial charge in [-0.15, -0.1) is 0 Å². The van der Waals surface area contributed by atoms with E-state index in [2.05, 4.69) is 16.4 Å². The van der Waals surface area contributed by atoms with Crippen LogP contribution in [-0.4, -0.2) is 24.7 Å². The Morgan fingerprint density at radius 3 is 2.45 bits per heavy atom. The molecule has 7 heteroatoms. The maximum atomic E-state index is 12.6. The Hall–Kier alpha value is -4.05. The summed E-state index contributed by atoms with van der Waals surface area (Å²) in [5.41, 5.74) is 2.61. The largest absolute Gasteiger partial charge is 0.494 e. The molecule has 31 heavy (non-hydrogen) atoms. The van der Waals surface area contributed by atoms with E-state index in [4.69, 9.17) is 19.5 Å². The SMILES string of the molecule is CCOc1cc(OCc2ccccn2)cc(C(Nc2ccc(C#N)cc2)C(=O)OC)c1. The number of carbonyl (C=O) groups is 1. The fourth-order valence-corrected chi connectivity index (χ4v) is 2.94. The lowest BCUT2D eigenvalue weighted by atomic mass is 10.1. The second-order valence-electron chi connectivity index (χ2n) is 6.57. The lowest BCUT2D eigenvalue weighted by Gasteiger charge is -2.20. The summed E-state index contributed by atoms with van der Waals surface area (Å²) < 4.78 is 16.6. The number of nitriles is 1. The van der Waals surface area contributed by atoms with Crippen molar-refractivity contribution in [2.24, 2.45) is 0 Å². The lowest BCUT2D eigenvalue weighted by molar-refractivity contribution is -0.141. The Labute approximate surface area is 181 Å². The number of aromatic nitrogens is 1. The van der Waals surface area contributed by atoms with Crippen molar-refractivity contribution in [3.63, 3.8) is 0 Å². The van der Waals surface area contributed by atoms with Gasteiger partial charge >= 0.3 is 5.97 Å². The first-order chi connectivity index (χ1) is 15.1. The molecule has 0 bridgehead atoms. The number of rotatable bonds is 9. The van der Waals surface area contributed by atoms with Gasteiger partial charge in [0.2, 0.25) is 0 Å². The second-order valence-corrected chi connectivity index (χ2v) is 6.57. The van der Waals surface area contributed by atoms with Gasteiger partial charge in [0.1, 0.15) is 18.1 Å². The molecule has 3 aromatic rings. The number of ether oxygens (including phenoxy) is 3. The first-order valence-corrected chi connectivity index (χ1v) is 9.78. The minimum absolute atomic E-state index is 0.280. The number of nitrogens with one attached hydrogen (secondary N) is 1. The molecule has 2 aromatic carbocycles. The smallest absolute Gasteiger partial charge is 0.332 e. The lowest BCUT2D eigenvalue weighted by Crippen LogP contribution is -2.22. The van der Waals surface area contributed by atoms with E-state index in [0.717, 1.165) is 5.69 Å². The molecule has 0 aliphatic carbocycles. The third kappa shape index (κ3) is 5.97. The van der Waals surface area contributed by atoms with Crippen LogP contribution in [0, 0.1) is 11.3 Å². The first kappa shape index (κ1) is 21.7. The summed E-state index contributed by atoms with van der Waals surface area (Å²) in [5.74, 6) is 0.655. The number of methoxy groups -OCH3 is 1. The molecule has 0 fully saturated rings. The highest BCUT2D eigenvalue weighted by Crippen LogP contribution is 2.30. The van der Waals surface area contributed by atoms with Gasteiger partial charge in [0, 0.05) is 18.0 Å². The minimum Gasteiger partial charge on any atom is -0.494 e. The van der Waals surface area contributed by atoms with Crippen molar-refractivity contribution in [2.75, 3.05) is 19.0 Å². The zero-order valence-corrected chi connectivity index (χ0v) is 17.4. The van der Waals surface area contributed by atoms with Gasteiger partial charge in [-0.3, -0.25) is 4.98 Å². The Balaban J connectivity index is 1.89. The molecule has 1 atom stereocenters. The molecule has 0 aliphatic rings. The van der Waals surface area contributed by atoms with Gasteiger partial charge in [-0.1, -0.05) is 6.07 Å². The van der Waals surface area contributed by atoms with E-state index in [1.54, 1.807) is 48.7 Å². The van der Waals surface area contributed by atoms with Crippen LogP contribution in [0.5, 0.6) is 11.5 Å². The monoisotopic (exact) mass is 417 g/mol. The molecule has 158 valence electrons. The molecule has 3 rings (SSSR count). The van der Waals surface area contributed by atoms with Crippen molar-refractivity contribution in [1.29, 1.82) is 5.26 Å². The van der Waals surface area contributed by atoms with Crippen LogP contribution in [0.15, 0.2) is 66.9 Å². The van der Waals surface area contributed by atoms with Gasteiger partial charge in [0.05, 0.1) is 31.0 Å². The number of nitrogens with zero attached hydrogens (tertiary/aromatic N) is 2. The van der Waals surface area contributed by atoms with Crippen molar-refractivity contribution in [2.45, 2.75) is 19.6 Å². The number of pyridine rings is 1. The van der Waals surface area contributed by atoms with E-state index in [9.17, 15) is 4.79 Å². The molecule has 1 aromatic heterocycles. The summed E-state index contributed by atoms with van der Waals surface area (Å²) >= 11 is 0. The highest BCUT2D eigenvalue weighted by atomic mass is 16.5. The van der Waals surface area contributed by atoms with E-state index >= 15 is 0 Å². The van der Waals surface area contributed by atoms with Crippen molar-refractivity contribution in [1.82, 2.24) is 4.98 Å². The van der Waals surface area contributed by atoms with E-state index in [1.165, 1.54) is 7.11 Å². The Morgan fingerprint density at radius 2 is 1.84 bits per heavy atom. The molecular weight excluding hydrogens is 394 g/mol. The third-order valence-corrected chi connectivity index (χ3v) is 4.42. The van der Waals surface area contributed by atoms with Gasteiger partial charge in [-0.2, -0.15) is 5.26 Å². The fourth-order valence-electron chi connectivity index (χ4n) is 2.94. The van der Waals surface area contributed by atoms with Crippen LogP contribution in [0.4, 0.5) is 5.69 Å². The molecule has 1 heterocycles. The van der Waals surface area contributed by atoms with Crippen molar-refractivity contribution in [3.05, 3.63) is 83.7 Å². The fraction of sp³-hybridized carbons (Fsp3) is 0.208. The molecule has 1 N–H and O–H groups in total. The molecule has 0 aliphatic heterocycles. The van der Waals surface area contributed by atoms with Gasteiger partial charge in [0.15, 0.2) is 6.04 Å². The van der Waals surface area contributed by atoms with Gasteiger partial charge in [-0.25, -0.2) is 4.79 Å². The minimum atomic E-state index is -0.796. The zero-order chi connectivity index (χ0) is 22.1. The van der Waals surface area contributed by atoms with Crippen molar-refractivity contribution < 1.29 is 19.0 Å². The Kier molecular flexibility index (Phi) is 7.44. The van der Waals surface area contributed by atoms with Crippen LogP contribution in [0.25, 0.3) is 0 Å². The first-order valence-electron chi connectivity index (χ1n) is 9.78. The van der Waals surface area contributed by atoms with Crippen LogP contribution >= 0.6 is 0 Å².